The fraction of sp³-hybridized carbons (Fsp3) is 0.143. The van der Waals surface area contributed by atoms with Gasteiger partial charge in [-0.25, -0.2) is 0 Å². The zero-order valence-electron chi connectivity index (χ0n) is 14.6. The SMILES string of the molecule is C[C@](O)(CNC(=O)c1cc(=O)c2ccccc2o1)c1cc2ccccc2o1. The third kappa shape index (κ3) is 3.22. The summed E-state index contributed by atoms with van der Waals surface area (Å²) in [4.78, 5) is 24.5. The number of aliphatic hydroxyl groups is 1. The van der Waals surface area contributed by atoms with E-state index >= 15 is 0 Å². The molecule has 2 N–H and O–H groups in total. The molecule has 1 amide bonds. The molecule has 2 aromatic carbocycles. The average molecular weight is 363 g/mol. The minimum Gasteiger partial charge on any atom is -0.458 e. The Kier molecular flexibility index (Phi) is 4.05. The van der Waals surface area contributed by atoms with Crippen molar-refractivity contribution in [3.05, 3.63) is 82.4 Å². The molecule has 0 aliphatic carbocycles. The van der Waals surface area contributed by atoms with E-state index in [-0.39, 0.29) is 17.7 Å². The van der Waals surface area contributed by atoms with Crippen molar-refractivity contribution in [2.75, 3.05) is 6.54 Å². The molecule has 4 rings (SSSR count). The lowest BCUT2D eigenvalue weighted by atomic mass is 10.0. The molecule has 0 bridgehead atoms. The Bertz CT molecular complexity index is 1170. The molecule has 0 saturated carbocycles. The van der Waals surface area contributed by atoms with Crippen LogP contribution in [-0.4, -0.2) is 17.6 Å². The molecule has 136 valence electrons. The highest BCUT2D eigenvalue weighted by Gasteiger charge is 2.28. The summed E-state index contributed by atoms with van der Waals surface area (Å²) in [7, 11) is 0. The Labute approximate surface area is 154 Å². The molecular weight excluding hydrogens is 346 g/mol. The molecule has 0 aliphatic rings. The van der Waals surface area contributed by atoms with Gasteiger partial charge in [-0.3, -0.25) is 9.59 Å². The first-order valence-corrected chi connectivity index (χ1v) is 8.46. The lowest BCUT2D eigenvalue weighted by molar-refractivity contribution is 0.0340. The summed E-state index contributed by atoms with van der Waals surface area (Å²) in [6.07, 6.45) is 0. The van der Waals surface area contributed by atoms with E-state index in [9.17, 15) is 14.7 Å². The second-order valence-electron chi connectivity index (χ2n) is 6.58. The monoisotopic (exact) mass is 363 g/mol. The Morgan fingerprint density at radius 2 is 1.74 bits per heavy atom. The van der Waals surface area contributed by atoms with Gasteiger partial charge in [-0.15, -0.1) is 0 Å². The highest BCUT2D eigenvalue weighted by Crippen LogP contribution is 2.27. The van der Waals surface area contributed by atoms with Crippen LogP contribution in [0.3, 0.4) is 0 Å². The molecule has 6 heteroatoms. The van der Waals surface area contributed by atoms with Gasteiger partial charge in [0.05, 0.1) is 11.9 Å². The zero-order chi connectivity index (χ0) is 19.0. The number of hydrogen-bond acceptors (Lipinski definition) is 5. The second kappa shape index (κ2) is 6.41. The van der Waals surface area contributed by atoms with Gasteiger partial charge in [-0.05, 0) is 31.2 Å². The zero-order valence-corrected chi connectivity index (χ0v) is 14.6. The van der Waals surface area contributed by atoms with E-state index < -0.39 is 11.5 Å². The summed E-state index contributed by atoms with van der Waals surface area (Å²) in [5.41, 5.74) is -0.740. The van der Waals surface area contributed by atoms with E-state index in [1.165, 1.54) is 0 Å². The van der Waals surface area contributed by atoms with Crippen LogP contribution in [0.1, 0.15) is 23.2 Å². The van der Waals surface area contributed by atoms with Crippen LogP contribution in [0.25, 0.3) is 21.9 Å². The van der Waals surface area contributed by atoms with E-state index in [2.05, 4.69) is 5.32 Å². The van der Waals surface area contributed by atoms with Crippen LogP contribution in [0.5, 0.6) is 0 Å². The molecule has 0 spiro atoms. The molecule has 4 aromatic rings. The molecule has 1 atom stereocenters. The van der Waals surface area contributed by atoms with Crippen molar-refractivity contribution in [3.63, 3.8) is 0 Å². The van der Waals surface area contributed by atoms with Gasteiger partial charge >= 0.3 is 0 Å². The first-order valence-electron chi connectivity index (χ1n) is 8.46. The van der Waals surface area contributed by atoms with Gasteiger partial charge in [0, 0.05) is 11.5 Å². The summed E-state index contributed by atoms with van der Waals surface area (Å²) in [6, 6.07) is 17.0. The molecule has 0 fully saturated rings. The van der Waals surface area contributed by atoms with Crippen LogP contribution in [-0.2, 0) is 5.60 Å². The summed E-state index contributed by atoms with van der Waals surface area (Å²) < 4.78 is 11.2. The van der Waals surface area contributed by atoms with E-state index in [4.69, 9.17) is 8.83 Å². The van der Waals surface area contributed by atoms with Crippen molar-refractivity contribution < 1.29 is 18.7 Å². The molecule has 0 aliphatic heterocycles. The van der Waals surface area contributed by atoms with Crippen molar-refractivity contribution in [2.45, 2.75) is 12.5 Å². The largest absolute Gasteiger partial charge is 0.458 e. The smallest absolute Gasteiger partial charge is 0.287 e. The minimum atomic E-state index is -1.42. The van der Waals surface area contributed by atoms with Crippen molar-refractivity contribution in [3.8, 4) is 0 Å². The molecule has 2 aromatic heterocycles. The normalized spacial score (nSPS) is 13.6. The molecule has 0 saturated heterocycles. The predicted molar refractivity (Wildman–Crippen MR) is 101 cm³/mol. The molecule has 0 unspecified atom stereocenters. The molecule has 27 heavy (non-hydrogen) atoms. The van der Waals surface area contributed by atoms with E-state index in [1.54, 1.807) is 43.3 Å². The number of fused-ring (bicyclic) bond motifs is 2. The molecule has 2 heterocycles. The van der Waals surface area contributed by atoms with Gasteiger partial charge < -0.3 is 19.3 Å². The second-order valence-corrected chi connectivity index (χ2v) is 6.58. The number of furan rings is 1. The first kappa shape index (κ1) is 17.1. The lowest BCUT2D eigenvalue weighted by Crippen LogP contribution is -2.38. The molecule has 6 nitrogen and oxygen atoms in total. The van der Waals surface area contributed by atoms with Crippen LogP contribution < -0.4 is 10.7 Å². The molecule has 0 radical (unpaired) electrons. The number of carbonyl (C=O) groups excluding carboxylic acids is 1. The standard InChI is InChI=1S/C21H17NO5/c1-21(25,19-10-13-6-2-4-8-16(13)27-19)12-22-20(24)18-11-15(23)14-7-3-5-9-17(14)26-18/h2-11,25H,12H2,1H3,(H,22,24)/t21-/m0/s1. The van der Waals surface area contributed by atoms with Gasteiger partial charge in [-0.2, -0.15) is 0 Å². The Balaban J connectivity index is 1.55. The van der Waals surface area contributed by atoms with Crippen LogP contribution in [0.2, 0.25) is 0 Å². The maximum atomic E-state index is 12.4. The third-order valence-electron chi connectivity index (χ3n) is 4.41. The van der Waals surface area contributed by atoms with Crippen molar-refractivity contribution in [1.82, 2.24) is 5.32 Å². The van der Waals surface area contributed by atoms with Crippen LogP contribution in [0.15, 0.2) is 74.3 Å². The van der Waals surface area contributed by atoms with Gasteiger partial charge in [0.1, 0.15) is 22.5 Å². The van der Waals surface area contributed by atoms with Crippen LogP contribution in [0, 0.1) is 0 Å². The number of rotatable bonds is 4. The average Bonchev–Trinajstić information content (AvgIpc) is 3.11. The van der Waals surface area contributed by atoms with Crippen molar-refractivity contribution in [2.24, 2.45) is 0 Å². The highest BCUT2D eigenvalue weighted by molar-refractivity contribution is 5.93. The number of benzene rings is 2. The van der Waals surface area contributed by atoms with E-state index in [0.29, 0.717) is 22.3 Å². The quantitative estimate of drug-likeness (QED) is 0.581. The fourth-order valence-corrected chi connectivity index (χ4v) is 2.89. The first-order chi connectivity index (χ1) is 12.9. The predicted octanol–water partition coefficient (Wildman–Crippen LogP) is 3.18. The lowest BCUT2D eigenvalue weighted by Gasteiger charge is -2.20. The minimum absolute atomic E-state index is 0.109. The van der Waals surface area contributed by atoms with Gasteiger partial charge in [0.15, 0.2) is 11.2 Å². The summed E-state index contributed by atoms with van der Waals surface area (Å²) in [5.74, 6) is -0.364. The van der Waals surface area contributed by atoms with Gasteiger partial charge in [0.2, 0.25) is 0 Å². The third-order valence-corrected chi connectivity index (χ3v) is 4.41. The maximum Gasteiger partial charge on any atom is 0.287 e. The van der Waals surface area contributed by atoms with E-state index in [0.717, 1.165) is 11.5 Å². The Morgan fingerprint density at radius 1 is 1.04 bits per heavy atom. The number of para-hydroxylation sites is 2. The number of hydrogen-bond donors (Lipinski definition) is 2. The summed E-state index contributed by atoms with van der Waals surface area (Å²) >= 11 is 0. The number of amides is 1. The number of carbonyl (C=O) groups is 1. The summed E-state index contributed by atoms with van der Waals surface area (Å²) in [5, 5.41) is 14.6. The van der Waals surface area contributed by atoms with Gasteiger partial charge in [0.25, 0.3) is 5.91 Å². The van der Waals surface area contributed by atoms with Crippen molar-refractivity contribution in [1.29, 1.82) is 0 Å². The topological polar surface area (TPSA) is 92.7 Å². The van der Waals surface area contributed by atoms with Crippen LogP contribution >= 0.6 is 0 Å². The van der Waals surface area contributed by atoms with Crippen LogP contribution in [0.4, 0.5) is 0 Å². The highest BCUT2D eigenvalue weighted by atomic mass is 16.4. The maximum absolute atomic E-state index is 12.4. The van der Waals surface area contributed by atoms with Crippen molar-refractivity contribution >= 4 is 27.8 Å². The molecular formula is C21H17NO5. The van der Waals surface area contributed by atoms with Gasteiger partial charge in [-0.1, -0.05) is 30.3 Å². The van der Waals surface area contributed by atoms with E-state index in [1.807, 2.05) is 18.2 Å². The Morgan fingerprint density at radius 3 is 2.52 bits per heavy atom. The summed E-state index contributed by atoms with van der Waals surface area (Å²) in [6.45, 7) is 1.43. The Hall–Kier alpha value is -3.38. The number of nitrogens with one attached hydrogen (secondary N) is 1. The fourth-order valence-electron chi connectivity index (χ4n) is 2.89.